The molecule has 2 rings (SSSR count). The fourth-order valence-corrected chi connectivity index (χ4v) is 4.23. The van der Waals surface area contributed by atoms with Crippen LogP contribution in [0.15, 0.2) is 58.2 Å². The highest BCUT2D eigenvalue weighted by Crippen LogP contribution is 2.34. The molecule has 0 fully saturated rings. The average Bonchev–Trinajstić information content (AvgIpc) is 2.97. The van der Waals surface area contributed by atoms with Gasteiger partial charge in [0.05, 0.1) is 18.3 Å². The van der Waals surface area contributed by atoms with Crippen LogP contribution in [-0.2, 0) is 16.0 Å². The van der Waals surface area contributed by atoms with Gasteiger partial charge in [-0.25, -0.2) is 0 Å². The molecule has 0 bridgehead atoms. The highest BCUT2D eigenvalue weighted by molar-refractivity contribution is 7.95. The molecule has 0 saturated carbocycles. The van der Waals surface area contributed by atoms with Crippen LogP contribution in [-0.4, -0.2) is 57.3 Å². The van der Waals surface area contributed by atoms with E-state index in [1.54, 1.807) is 0 Å². The predicted octanol–water partition coefficient (Wildman–Crippen LogP) is 2.42. The number of rotatable bonds is 12. The number of unbranched alkanes of at least 4 members (excludes halogenated alkanes) is 1. The lowest BCUT2D eigenvalue weighted by atomic mass is 10.0. The van der Waals surface area contributed by atoms with Crippen LogP contribution in [0.1, 0.15) is 38.5 Å². The summed E-state index contributed by atoms with van der Waals surface area (Å²) in [4.78, 5) is 12.8. The van der Waals surface area contributed by atoms with Gasteiger partial charge in [-0.15, -0.1) is 5.73 Å². The van der Waals surface area contributed by atoms with E-state index in [0.29, 0.717) is 37.9 Å². The Morgan fingerprint density at radius 2 is 2.00 bits per heavy atom. The van der Waals surface area contributed by atoms with Crippen molar-refractivity contribution in [1.29, 1.82) is 0 Å². The summed E-state index contributed by atoms with van der Waals surface area (Å²) in [6, 6.07) is 9.47. The molecule has 1 aromatic rings. The summed E-state index contributed by atoms with van der Waals surface area (Å²) in [5.41, 5.74) is 3.35. The Morgan fingerprint density at radius 3 is 2.67 bits per heavy atom. The first kappa shape index (κ1) is 24.4. The molecule has 0 saturated heterocycles. The molecule has 0 aromatic heterocycles. The summed E-state index contributed by atoms with van der Waals surface area (Å²) in [5, 5.41) is 29.2. The van der Waals surface area contributed by atoms with Gasteiger partial charge >= 0.3 is 0 Å². The Balaban J connectivity index is 1.95. The van der Waals surface area contributed by atoms with Crippen molar-refractivity contribution < 1.29 is 29.4 Å². The molecule has 3 atom stereocenters. The van der Waals surface area contributed by atoms with Crippen LogP contribution in [0.25, 0.3) is 0 Å². The van der Waals surface area contributed by atoms with Gasteiger partial charge in [0, 0.05) is 12.2 Å². The molecule has 1 aromatic carbocycles. The fraction of sp³-hybridized carbons (Fsp3) is 0.478. The quantitative estimate of drug-likeness (QED) is 0.202. The number of ether oxygens (including phenoxy) is 1. The molecule has 30 heavy (non-hydrogen) atoms. The molecule has 0 amide bonds. The van der Waals surface area contributed by atoms with Gasteiger partial charge in [0.15, 0.2) is 0 Å². The van der Waals surface area contributed by atoms with E-state index in [1.807, 2.05) is 30.3 Å². The van der Waals surface area contributed by atoms with Crippen molar-refractivity contribution in [3.05, 3.63) is 58.2 Å². The SMILES string of the molecule is C[S+]([O-])C1=C(CCCCOc2ccccc2)C(O)C(=C=CCC(O)CCCO)C1=O. The van der Waals surface area contributed by atoms with Crippen LogP contribution in [0.2, 0.25) is 0 Å². The van der Waals surface area contributed by atoms with Crippen molar-refractivity contribution in [3.63, 3.8) is 0 Å². The van der Waals surface area contributed by atoms with Gasteiger partial charge in [0.25, 0.3) is 0 Å². The number of carbonyl (C=O) groups excluding carboxylic acids is 1. The standard InChI is InChI=1S/C23H30O6S/c1-30(28)23-20(13-5-6-16-29-18-11-3-2-4-12-18)21(26)19(22(23)27)14-7-9-17(25)10-8-15-24/h2-4,7,11-12,17,21,24-26H,5-6,8-10,13,15-16H2,1H3. The minimum Gasteiger partial charge on any atom is -0.612 e. The van der Waals surface area contributed by atoms with Crippen LogP contribution in [0.5, 0.6) is 5.75 Å². The van der Waals surface area contributed by atoms with E-state index in [1.165, 1.54) is 12.3 Å². The fourth-order valence-electron chi connectivity index (χ4n) is 3.27. The summed E-state index contributed by atoms with van der Waals surface area (Å²) in [5.74, 6) is 0.347. The number of hydrogen-bond acceptors (Lipinski definition) is 6. The minimum atomic E-state index is -1.51. The van der Waals surface area contributed by atoms with E-state index < -0.39 is 29.2 Å². The molecule has 0 radical (unpaired) electrons. The molecule has 7 heteroatoms. The maximum atomic E-state index is 12.6. The van der Waals surface area contributed by atoms with Crippen LogP contribution in [0.3, 0.4) is 0 Å². The van der Waals surface area contributed by atoms with E-state index in [0.717, 1.165) is 12.2 Å². The topological polar surface area (TPSA) is 110 Å². The first-order valence-corrected chi connectivity index (χ1v) is 11.7. The molecule has 0 aliphatic heterocycles. The second kappa shape index (κ2) is 12.7. The lowest BCUT2D eigenvalue weighted by Crippen LogP contribution is -2.11. The number of allylic oxidation sites excluding steroid dienone is 1. The van der Waals surface area contributed by atoms with E-state index >= 15 is 0 Å². The lowest BCUT2D eigenvalue weighted by molar-refractivity contribution is -0.111. The summed E-state index contributed by atoms with van der Waals surface area (Å²) in [7, 11) is 0. The van der Waals surface area contributed by atoms with Gasteiger partial charge in [0.2, 0.25) is 10.7 Å². The van der Waals surface area contributed by atoms with Gasteiger partial charge in [0.1, 0.15) is 18.1 Å². The molecule has 3 unspecified atom stereocenters. The second-order valence-electron chi connectivity index (χ2n) is 7.18. The minimum absolute atomic E-state index is 0.00834. The largest absolute Gasteiger partial charge is 0.612 e. The number of carbonyl (C=O) groups is 1. The zero-order valence-electron chi connectivity index (χ0n) is 17.3. The molecule has 1 aliphatic rings. The van der Waals surface area contributed by atoms with E-state index in [2.05, 4.69) is 5.73 Å². The number of Topliss-reactive ketones (excluding diaryl/α,β-unsaturated/α-hetero) is 1. The summed E-state index contributed by atoms with van der Waals surface area (Å²) in [6.45, 7) is 0.522. The number of ketones is 1. The van der Waals surface area contributed by atoms with Crippen molar-refractivity contribution in [2.75, 3.05) is 19.5 Å². The van der Waals surface area contributed by atoms with Gasteiger partial charge in [-0.2, -0.15) is 0 Å². The molecule has 0 spiro atoms. The zero-order valence-corrected chi connectivity index (χ0v) is 18.1. The summed E-state index contributed by atoms with van der Waals surface area (Å²) < 4.78 is 17.8. The van der Waals surface area contributed by atoms with Crippen LogP contribution in [0.4, 0.5) is 0 Å². The monoisotopic (exact) mass is 434 g/mol. The third-order valence-electron chi connectivity index (χ3n) is 4.83. The zero-order chi connectivity index (χ0) is 21.9. The third kappa shape index (κ3) is 7.13. The molecule has 6 nitrogen and oxygen atoms in total. The van der Waals surface area contributed by atoms with E-state index in [-0.39, 0.29) is 23.5 Å². The number of benzene rings is 1. The number of aliphatic hydroxyl groups is 3. The molecule has 164 valence electrons. The first-order valence-electron chi connectivity index (χ1n) is 10.2. The van der Waals surface area contributed by atoms with Gasteiger partial charge in [-0.1, -0.05) is 18.2 Å². The molecule has 3 N–H and O–H groups in total. The molecular weight excluding hydrogens is 404 g/mol. The van der Waals surface area contributed by atoms with Crippen molar-refractivity contribution in [1.82, 2.24) is 0 Å². The molecular formula is C23H30O6S. The second-order valence-corrected chi connectivity index (χ2v) is 8.49. The number of hydrogen-bond donors (Lipinski definition) is 3. The maximum Gasteiger partial charge on any atom is 0.247 e. The van der Waals surface area contributed by atoms with Crippen LogP contribution in [0, 0.1) is 0 Å². The van der Waals surface area contributed by atoms with Crippen LogP contribution >= 0.6 is 0 Å². The maximum absolute atomic E-state index is 12.6. The highest BCUT2D eigenvalue weighted by Gasteiger charge is 2.41. The Hall–Kier alpha value is -1.86. The van der Waals surface area contributed by atoms with Crippen molar-refractivity contribution >= 4 is 17.0 Å². The normalized spacial score (nSPS) is 18.4. The number of para-hydroxylation sites is 1. The Labute approximate surface area is 180 Å². The smallest absolute Gasteiger partial charge is 0.247 e. The first-order chi connectivity index (χ1) is 14.5. The lowest BCUT2D eigenvalue weighted by Gasteiger charge is -2.10. The van der Waals surface area contributed by atoms with E-state index in [4.69, 9.17) is 9.84 Å². The summed E-state index contributed by atoms with van der Waals surface area (Å²) >= 11 is -1.51. The van der Waals surface area contributed by atoms with Crippen LogP contribution < -0.4 is 4.74 Å². The predicted molar refractivity (Wildman–Crippen MR) is 116 cm³/mol. The van der Waals surface area contributed by atoms with Crippen molar-refractivity contribution in [3.8, 4) is 5.75 Å². The van der Waals surface area contributed by atoms with Crippen molar-refractivity contribution in [2.45, 2.75) is 50.7 Å². The molecule has 1 aliphatic carbocycles. The van der Waals surface area contributed by atoms with Gasteiger partial charge < -0.3 is 24.6 Å². The third-order valence-corrected chi connectivity index (χ3v) is 5.85. The number of aliphatic hydroxyl groups excluding tert-OH is 3. The van der Waals surface area contributed by atoms with Gasteiger partial charge in [-0.3, -0.25) is 4.79 Å². The van der Waals surface area contributed by atoms with E-state index in [9.17, 15) is 19.6 Å². The van der Waals surface area contributed by atoms with Gasteiger partial charge in [-0.05, 0) is 67.9 Å². The average molecular weight is 435 g/mol. The molecule has 0 heterocycles. The Kier molecular flexibility index (Phi) is 10.4. The highest BCUT2D eigenvalue weighted by atomic mass is 32.2. The van der Waals surface area contributed by atoms with Crippen molar-refractivity contribution in [2.24, 2.45) is 0 Å². The Morgan fingerprint density at radius 1 is 1.27 bits per heavy atom. The Bertz CT molecular complexity index is 780. The summed E-state index contributed by atoms with van der Waals surface area (Å²) in [6.07, 6.45) is 4.25.